The van der Waals surface area contributed by atoms with E-state index in [0.29, 0.717) is 33.4 Å². The number of carbonyl (C=O) groups is 1. The number of para-hydroxylation sites is 2. The topological polar surface area (TPSA) is 73.2 Å². The van der Waals surface area contributed by atoms with Crippen molar-refractivity contribution in [2.45, 2.75) is 37.7 Å². The first-order valence-corrected chi connectivity index (χ1v) is 12.4. The van der Waals surface area contributed by atoms with Crippen molar-refractivity contribution in [1.29, 1.82) is 0 Å². The van der Waals surface area contributed by atoms with Gasteiger partial charge in [0.2, 0.25) is 5.91 Å². The Kier molecular flexibility index (Phi) is 7.04. The summed E-state index contributed by atoms with van der Waals surface area (Å²) in [6, 6.07) is 13.3. The van der Waals surface area contributed by atoms with E-state index in [1.807, 2.05) is 26.0 Å². The lowest BCUT2D eigenvalue weighted by Gasteiger charge is -2.16. The van der Waals surface area contributed by atoms with Crippen LogP contribution < -0.4 is 15.6 Å². The number of nitrogens with zero attached hydrogens (tertiary/aromatic N) is 2. The number of thioether (sulfide) groups is 1. The molecule has 9 heteroatoms. The lowest BCUT2D eigenvalue weighted by molar-refractivity contribution is -0.115. The Bertz CT molecular complexity index is 1410. The first-order valence-electron chi connectivity index (χ1n) is 10.7. The number of carbonyl (C=O) groups excluding carboxylic acids is 1. The zero-order valence-corrected chi connectivity index (χ0v) is 20.8. The van der Waals surface area contributed by atoms with Crippen LogP contribution in [-0.4, -0.2) is 27.8 Å². The normalized spacial score (nSPS) is 12.0. The fourth-order valence-electron chi connectivity index (χ4n) is 3.70. The first kappa shape index (κ1) is 24.0. The van der Waals surface area contributed by atoms with E-state index in [1.54, 1.807) is 42.9 Å². The molecule has 0 bridgehead atoms. The number of aromatic nitrogens is 2. The van der Waals surface area contributed by atoms with Crippen molar-refractivity contribution < 1.29 is 13.9 Å². The third-order valence-electron chi connectivity index (χ3n) is 5.42. The predicted octanol–water partition coefficient (Wildman–Crippen LogP) is 5.72. The standard InChI is InChI=1S/C25H24FN3O3S2/c1-5-29-24(31)21-20(16-10-12-17(26)13-11-16)14(2)33-23(21)28-25(29)34-15(3)22(30)27-18-8-6-7-9-19(18)32-4/h6-13,15H,5H2,1-4H3,(H,27,30). The van der Waals surface area contributed by atoms with Gasteiger partial charge in [-0.05, 0) is 50.6 Å². The summed E-state index contributed by atoms with van der Waals surface area (Å²) in [5.41, 5.74) is 1.96. The average Bonchev–Trinajstić information content (AvgIpc) is 3.16. The van der Waals surface area contributed by atoms with Crippen LogP contribution in [0.25, 0.3) is 21.3 Å². The molecule has 0 aliphatic rings. The van der Waals surface area contributed by atoms with E-state index in [2.05, 4.69) is 5.32 Å². The van der Waals surface area contributed by atoms with Gasteiger partial charge in [-0.1, -0.05) is 36.0 Å². The molecule has 2 heterocycles. The minimum absolute atomic E-state index is 0.170. The number of amides is 1. The van der Waals surface area contributed by atoms with Crippen molar-refractivity contribution in [3.63, 3.8) is 0 Å². The van der Waals surface area contributed by atoms with Gasteiger partial charge in [0.1, 0.15) is 16.4 Å². The highest BCUT2D eigenvalue weighted by Gasteiger charge is 2.23. The second kappa shape index (κ2) is 9.99. The summed E-state index contributed by atoms with van der Waals surface area (Å²) in [5, 5.41) is 3.37. The van der Waals surface area contributed by atoms with Gasteiger partial charge in [0.25, 0.3) is 5.56 Å². The van der Waals surface area contributed by atoms with Crippen LogP contribution in [0.3, 0.4) is 0 Å². The summed E-state index contributed by atoms with van der Waals surface area (Å²) >= 11 is 2.65. The van der Waals surface area contributed by atoms with Crippen LogP contribution in [0.1, 0.15) is 18.7 Å². The van der Waals surface area contributed by atoms with E-state index in [9.17, 15) is 14.0 Å². The smallest absolute Gasteiger partial charge is 0.263 e. The fraction of sp³-hybridized carbons (Fsp3) is 0.240. The molecule has 6 nitrogen and oxygen atoms in total. The molecule has 0 aliphatic carbocycles. The molecule has 2 aromatic heterocycles. The molecule has 0 saturated heterocycles. The van der Waals surface area contributed by atoms with Gasteiger partial charge < -0.3 is 10.1 Å². The summed E-state index contributed by atoms with van der Waals surface area (Å²) < 4.78 is 20.3. The number of aryl methyl sites for hydroxylation is 1. The van der Waals surface area contributed by atoms with Crippen molar-refractivity contribution in [2.75, 3.05) is 12.4 Å². The van der Waals surface area contributed by atoms with Gasteiger partial charge in [0, 0.05) is 17.0 Å². The summed E-state index contributed by atoms with van der Waals surface area (Å²) in [7, 11) is 1.55. The van der Waals surface area contributed by atoms with Gasteiger partial charge in [0.15, 0.2) is 5.16 Å². The van der Waals surface area contributed by atoms with Crippen molar-refractivity contribution >= 4 is 44.9 Å². The Morgan fingerprint density at radius 2 is 1.94 bits per heavy atom. The third kappa shape index (κ3) is 4.58. The molecule has 1 unspecified atom stereocenters. The summed E-state index contributed by atoms with van der Waals surface area (Å²) in [5.74, 6) is 0.0189. The van der Waals surface area contributed by atoms with Crippen molar-refractivity contribution in [2.24, 2.45) is 0 Å². The molecule has 2 aromatic carbocycles. The van der Waals surface area contributed by atoms with Crippen LogP contribution >= 0.6 is 23.1 Å². The maximum absolute atomic E-state index is 13.5. The molecule has 0 aliphatic heterocycles. The number of halogens is 1. The number of benzene rings is 2. The molecule has 1 atom stereocenters. The van der Waals surface area contributed by atoms with Crippen molar-refractivity contribution in [3.05, 3.63) is 69.6 Å². The number of hydrogen-bond donors (Lipinski definition) is 1. The van der Waals surface area contributed by atoms with E-state index < -0.39 is 5.25 Å². The number of hydrogen-bond acceptors (Lipinski definition) is 6. The van der Waals surface area contributed by atoms with E-state index >= 15 is 0 Å². The highest BCUT2D eigenvalue weighted by Crippen LogP contribution is 2.37. The molecular formula is C25H24FN3O3S2. The number of anilines is 1. The molecule has 0 fully saturated rings. The number of rotatable bonds is 7. The van der Waals surface area contributed by atoms with Crippen LogP contribution in [0.2, 0.25) is 0 Å². The largest absolute Gasteiger partial charge is 0.495 e. The summed E-state index contributed by atoms with van der Waals surface area (Å²) in [6.45, 7) is 5.98. The molecule has 0 spiro atoms. The number of thiophene rings is 1. The second-order valence-electron chi connectivity index (χ2n) is 7.61. The number of ether oxygens (including phenoxy) is 1. The number of fused-ring (bicyclic) bond motifs is 1. The molecule has 1 N–H and O–H groups in total. The predicted molar refractivity (Wildman–Crippen MR) is 137 cm³/mol. The number of methoxy groups -OCH3 is 1. The van der Waals surface area contributed by atoms with Gasteiger partial charge in [-0.2, -0.15) is 0 Å². The van der Waals surface area contributed by atoms with Crippen LogP contribution in [0.4, 0.5) is 10.1 Å². The highest BCUT2D eigenvalue weighted by atomic mass is 32.2. The summed E-state index contributed by atoms with van der Waals surface area (Å²) in [6.07, 6.45) is 0. The number of nitrogens with one attached hydrogen (secondary N) is 1. The molecule has 34 heavy (non-hydrogen) atoms. The molecular weight excluding hydrogens is 473 g/mol. The third-order valence-corrected chi connectivity index (χ3v) is 7.51. The first-order chi connectivity index (χ1) is 16.3. The fourth-order valence-corrected chi connectivity index (χ4v) is 5.76. The molecule has 176 valence electrons. The average molecular weight is 498 g/mol. The maximum atomic E-state index is 13.5. The van der Waals surface area contributed by atoms with E-state index in [1.165, 1.54) is 35.2 Å². The van der Waals surface area contributed by atoms with Crippen molar-refractivity contribution in [3.8, 4) is 16.9 Å². The van der Waals surface area contributed by atoms with Gasteiger partial charge in [0.05, 0.1) is 23.4 Å². The Hall–Kier alpha value is -3.17. The van der Waals surface area contributed by atoms with E-state index in [-0.39, 0.29) is 17.3 Å². The van der Waals surface area contributed by atoms with Crippen molar-refractivity contribution in [1.82, 2.24) is 9.55 Å². The van der Waals surface area contributed by atoms with Gasteiger partial charge in [-0.3, -0.25) is 14.2 Å². The van der Waals surface area contributed by atoms with Gasteiger partial charge >= 0.3 is 0 Å². The zero-order chi connectivity index (χ0) is 24.4. The highest BCUT2D eigenvalue weighted by molar-refractivity contribution is 8.00. The van der Waals surface area contributed by atoms with Gasteiger partial charge in [-0.15, -0.1) is 11.3 Å². The molecule has 0 saturated carbocycles. The molecule has 0 radical (unpaired) electrons. The Labute approximate surface area is 204 Å². The quantitative estimate of drug-likeness (QED) is 0.261. The molecule has 1 amide bonds. The van der Waals surface area contributed by atoms with E-state index in [4.69, 9.17) is 9.72 Å². The Morgan fingerprint density at radius 1 is 1.24 bits per heavy atom. The van der Waals surface area contributed by atoms with Crippen LogP contribution in [0, 0.1) is 12.7 Å². The minimum Gasteiger partial charge on any atom is -0.495 e. The van der Waals surface area contributed by atoms with Crippen LogP contribution in [0.15, 0.2) is 58.5 Å². The lowest BCUT2D eigenvalue weighted by atomic mass is 10.0. The summed E-state index contributed by atoms with van der Waals surface area (Å²) in [4.78, 5) is 32.7. The molecule has 4 aromatic rings. The Balaban J connectivity index is 1.69. The second-order valence-corrected chi connectivity index (χ2v) is 10.1. The van der Waals surface area contributed by atoms with E-state index in [0.717, 1.165) is 16.0 Å². The lowest BCUT2D eigenvalue weighted by Crippen LogP contribution is -2.26. The minimum atomic E-state index is -0.510. The Morgan fingerprint density at radius 3 is 2.62 bits per heavy atom. The monoisotopic (exact) mass is 497 g/mol. The molecule has 4 rings (SSSR count). The zero-order valence-electron chi connectivity index (χ0n) is 19.2. The SMILES string of the molecule is CCn1c(SC(C)C(=O)Nc2ccccc2OC)nc2sc(C)c(-c3ccc(F)cc3)c2c1=O. The van der Waals surface area contributed by atoms with Crippen LogP contribution in [-0.2, 0) is 11.3 Å². The van der Waals surface area contributed by atoms with Crippen LogP contribution in [0.5, 0.6) is 5.75 Å². The van der Waals surface area contributed by atoms with Gasteiger partial charge in [-0.25, -0.2) is 9.37 Å². The maximum Gasteiger partial charge on any atom is 0.263 e.